The topological polar surface area (TPSA) is 50.4 Å². The van der Waals surface area contributed by atoms with Gasteiger partial charge in [-0.1, -0.05) is 13.0 Å². The van der Waals surface area contributed by atoms with Gasteiger partial charge < -0.3 is 15.4 Å². The maximum atomic E-state index is 13.7. The average Bonchev–Trinajstić information content (AvgIpc) is 2.39. The summed E-state index contributed by atoms with van der Waals surface area (Å²) in [7, 11) is 1.62. The molecule has 1 amide bonds. The number of para-hydroxylation sites is 1. The van der Waals surface area contributed by atoms with E-state index in [1.165, 1.54) is 12.1 Å². The highest BCUT2D eigenvalue weighted by atomic mass is 19.1. The number of hydrogen-bond acceptors (Lipinski definition) is 3. The second kappa shape index (κ2) is 7.74. The SMILES string of the molecule is CCNc1c(F)cccc1C(=O)NCC(C)COC. The van der Waals surface area contributed by atoms with E-state index in [0.717, 1.165) is 0 Å². The van der Waals surface area contributed by atoms with Crippen LogP contribution in [0, 0.1) is 11.7 Å². The van der Waals surface area contributed by atoms with Gasteiger partial charge in [0.1, 0.15) is 5.82 Å². The standard InChI is InChI=1S/C14H21FN2O2/c1-4-16-13-11(6-5-7-12(13)15)14(18)17-8-10(2)9-19-3/h5-7,10,16H,4,8-9H2,1-3H3,(H,17,18). The maximum absolute atomic E-state index is 13.7. The Hall–Kier alpha value is -1.62. The number of hydrogen-bond donors (Lipinski definition) is 2. The molecule has 0 spiro atoms. The van der Waals surface area contributed by atoms with Crippen LogP contribution in [0.1, 0.15) is 24.2 Å². The Bertz CT molecular complexity index is 424. The van der Waals surface area contributed by atoms with Crippen LogP contribution in [0.3, 0.4) is 0 Å². The van der Waals surface area contributed by atoms with Gasteiger partial charge in [-0.05, 0) is 25.0 Å². The van der Waals surface area contributed by atoms with E-state index < -0.39 is 5.82 Å². The number of carbonyl (C=O) groups excluding carboxylic acids is 1. The number of carbonyl (C=O) groups is 1. The highest BCUT2D eigenvalue weighted by Crippen LogP contribution is 2.19. The second-order valence-corrected chi connectivity index (χ2v) is 4.46. The molecule has 0 saturated carbocycles. The van der Waals surface area contributed by atoms with Crippen molar-refractivity contribution in [2.45, 2.75) is 13.8 Å². The Morgan fingerprint density at radius 2 is 2.21 bits per heavy atom. The molecule has 106 valence electrons. The molecule has 1 atom stereocenters. The predicted octanol–water partition coefficient (Wildman–Crippen LogP) is 2.27. The van der Waals surface area contributed by atoms with Crippen LogP contribution in [-0.2, 0) is 4.74 Å². The quantitative estimate of drug-likeness (QED) is 0.797. The largest absolute Gasteiger partial charge is 0.384 e. The van der Waals surface area contributed by atoms with E-state index in [9.17, 15) is 9.18 Å². The fraction of sp³-hybridized carbons (Fsp3) is 0.500. The van der Waals surface area contributed by atoms with Crippen LogP contribution in [0.5, 0.6) is 0 Å². The first-order valence-electron chi connectivity index (χ1n) is 6.39. The van der Waals surface area contributed by atoms with Gasteiger partial charge in [-0.2, -0.15) is 0 Å². The van der Waals surface area contributed by atoms with Crippen molar-refractivity contribution >= 4 is 11.6 Å². The number of halogens is 1. The van der Waals surface area contributed by atoms with Crippen LogP contribution in [0.2, 0.25) is 0 Å². The number of methoxy groups -OCH3 is 1. The number of rotatable bonds is 7. The summed E-state index contributed by atoms with van der Waals surface area (Å²) >= 11 is 0. The van der Waals surface area contributed by atoms with Crippen LogP contribution < -0.4 is 10.6 Å². The van der Waals surface area contributed by atoms with E-state index in [0.29, 0.717) is 25.3 Å². The van der Waals surface area contributed by atoms with Crippen LogP contribution in [0.4, 0.5) is 10.1 Å². The van der Waals surface area contributed by atoms with Crippen molar-refractivity contribution in [2.75, 3.05) is 32.1 Å². The molecule has 0 radical (unpaired) electrons. The van der Waals surface area contributed by atoms with Crippen LogP contribution in [-0.4, -0.2) is 32.7 Å². The summed E-state index contributed by atoms with van der Waals surface area (Å²) in [6, 6.07) is 4.48. The molecule has 1 unspecified atom stereocenters. The first-order chi connectivity index (χ1) is 9.10. The van der Waals surface area contributed by atoms with Crippen molar-refractivity contribution in [3.8, 4) is 0 Å². The van der Waals surface area contributed by atoms with Gasteiger partial charge in [0, 0.05) is 20.2 Å². The fourth-order valence-corrected chi connectivity index (χ4v) is 1.78. The summed E-state index contributed by atoms with van der Waals surface area (Å²) in [4.78, 5) is 12.0. The molecule has 19 heavy (non-hydrogen) atoms. The molecule has 0 bridgehead atoms. The van der Waals surface area contributed by atoms with Crippen molar-refractivity contribution in [1.82, 2.24) is 5.32 Å². The van der Waals surface area contributed by atoms with E-state index in [-0.39, 0.29) is 17.5 Å². The van der Waals surface area contributed by atoms with E-state index in [1.807, 2.05) is 13.8 Å². The molecule has 0 heterocycles. The lowest BCUT2D eigenvalue weighted by Crippen LogP contribution is -2.30. The first-order valence-corrected chi connectivity index (χ1v) is 6.39. The minimum Gasteiger partial charge on any atom is -0.384 e. The summed E-state index contributed by atoms with van der Waals surface area (Å²) in [6.45, 7) is 5.45. The summed E-state index contributed by atoms with van der Waals surface area (Å²) in [6.07, 6.45) is 0. The number of anilines is 1. The Morgan fingerprint density at radius 1 is 1.47 bits per heavy atom. The van der Waals surface area contributed by atoms with Gasteiger partial charge in [0.05, 0.1) is 17.9 Å². The van der Waals surface area contributed by atoms with Gasteiger partial charge in [-0.15, -0.1) is 0 Å². The third-order valence-corrected chi connectivity index (χ3v) is 2.67. The molecule has 4 nitrogen and oxygen atoms in total. The molecule has 5 heteroatoms. The molecular formula is C14H21FN2O2. The summed E-state index contributed by atoms with van der Waals surface area (Å²) in [5, 5.41) is 5.66. The van der Waals surface area contributed by atoms with E-state index in [1.54, 1.807) is 13.2 Å². The normalized spacial score (nSPS) is 12.0. The summed E-state index contributed by atoms with van der Waals surface area (Å²) in [5.41, 5.74) is 0.577. The predicted molar refractivity (Wildman–Crippen MR) is 73.9 cm³/mol. The van der Waals surface area contributed by atoms with E-state index >= 15 is 0 Å². The molecule has 1 rings (SSSR count). The molecular weight excluding hydrogens is 247 g/mol. The molecule has 0 aliphatic carbocycles. The number of amides is 1. The fourth-order valence-electron chi connectivity index (χ4n) is 1.78. The van der Waals surface area contributed by atoms with Crippen LogP contribution >= 0.6 is 0 Å². The van der Waals surface area contributed by atoms with Gasteiger partial charge in [0.15, 0.2) is 0 Å². The van der Waals surface area contributed by atoms with E-state index in [2.05, 4.69) is 10.6 Å². The highest BCUT2D eigenvalue weighted by molar-refractivity contribution is 5.99. The molecule has 0 aliphatic heterocycles. The van der Waals surface area contributed by atoms with Crippen LogP contribution in [0.25, 0.3) is 0 Å². The molecule has 1 aromatic carbocycles. The van der Waals surface area contributed by atoms with Gasteiger partial charge in [0.25, 0.3) is 5.91 Å². The monoisotopic (exact) mass is 268 g/mol. The Labute approximate surface area is 113 Å². The lowest BCUT2D eigenvalue weighted by molar-refractivity contribution is 0.0934. The zero-order valence-corrected chi connectivity index (χ0v) is 11.6. The van der Waals surface area contributed by atoms with E-state index in [4.69, 9.17) is 4.74 Å². The number of benzene rings is 1. The highest BCUT2D eigenvalue weighted by Gasteiger charge is 2.15. The van der Waals surface area contributed by atoms with Gasteiger partial charge in [-0.25, -0.2) is 4.39 Å². The Morgan fingerprint density at radius 3 is 2.84 bits per heavy atom. The third kappa shape index (κ3) is 4.52. The van der Waals surface area contributed by atoms with Gasteiger partial charge >= 0.3 is 0 Å². The average molecular weight is 268 g/mol. The molecule has 0 fully saturated rings. The minimum absolute atomic E-state index is 0.213. The number of ether oxygens (including phenoxy) is 1. The Kier molecular flexibility index (Phi) is 6.29. The summed E-state index contributed by atoms with van der Waals surface area (Å²) < 4.78 is 18.7. The second-order valence-electron chi connectivity index (χ2n) is 4.46. The maximum Gasteiger partial charge on any atom is 0.253 e. The zero-order valence-electron chi connectivity index (χ0n) is 11.6. The van der Waals surface area contributed by atoms with Crippen LogP contribution in [0.15, 0.2) is 18.2 Å². The lowest BCUT2D eigenvalue weighted by atomic mass is 10.1. The van der Waals surface area contributed by atoms with Crippen molar-refractivity contribution in [3.05, 3.63) is 29.6 Å². The molecule has 2 N–H and O–H groups in total. The van der Waals surface area contributed by atoms with Crippen molar-refractivity contribution in [1.29, 1.82) is 0 Å². The van der Waals surface area contributed by atoms with Crippen molar-refractivity contribution < 1.29 is 13.9 Å². The van der Waals surface area contributed by atoms with Gasteiger partial charge in [0.2, 0.25) is 0 Å². The van der Waals surface area contributed by atoms with Gasteiger partial charge in [-0.3, -0.25) is 4.79 Å². The molecule has 0 aliphatic rings. The third-order valence-electron chi connectivity index (χ3n) is 2.67. The minimum atomic E-state index is -0.417. The smallest absolute Gasteiger partial charge is 0.253 e. The molecule has 1 aromatic rings. The van der Waals surface area contributed by atoms with Crippen molar-refractivity contribution in [2.24, 2.45) is 5.92 Å². The molecule has 0 aromatic heterocycles. The summed E-state index contributed by atoms with van der Waals surface area (Å²) in [5.74, 6) is -0.483. The molecule has 0 saturated heterocycles. The lowest BCUT2D eigenvalue weighted by Gasteiger charge is -2.14. The zero-order chi connectivity index (χ0) is 14.3. The van der Waals surface area contributed by atoms with Crippen molar-refractivity contribution in [3.63, 3.8) is 0 Å². The Balaban J connectivity index is 2.73. The first kappa shape index (κ1) is 15.4. The number of nitrogens with one attached hydrogen (secondary N) is 2.